The zero-order chi connectivity index (χ0) is 43.6. The number of Topliss-reactive ketones (excluding diaryl/α,β-unsaturated/α-hetero) is 1. The van der Waals surface area contributed by atoms with Crippen LogP contribution >= 0.6 is 0 Å². The van der Waals surface area contributed by atoms with Crippen molar-refractivity contribution in [2.24, 2.45) is 5.92 Å². The third kappa shape index (κ3) is 18.6. The molecule has 2 rings (SSSR count). The first-order valence-corrected chi connectivity index (χ1v) is 19.8. The van der Waals surface area contributed by atoms with Crippen LogP contribution in [0.25, 0.3) is 0 Å². The number of ether oxygens (including phenoxy) is 4. The fourth-order valence-electron chi connectivity index (χ4n) is 5.82. The molecule has 2 aromatic rings. The molecular formula is C43H57NO15. The molecule has 1 heterocycles. The lowest BCUT2D eigenvalue weighted by molar-refractivity contribution is -0.174. The van der Waals surface area contributed by atoms with Gasteiger partial charge in [0.1, 0.15) is 24.2 Å². The molecule has 0 aliphatic heterocycles. The molecule has 3 atom stereocenters. The van der Waals surface area contributed by atoms with Crippen molar-refractivity contribution in [3.63, 3.8) is 0 Å². The van der Waals surface area contributed by atoms with Gasteiger partial charge in [-0.15, -0.1) is 5.92 Å². The van der Waals surface area contributed by atoms with E-state index in [0.717, 1.165) is 58.1 Å². The van der Waals surface area contributed by atoms with Crippen LogP contribution in [0.5, 0.6) is 5.75 Å². The minimum absolute atomic E-state index is 0.0129. The number of aliphatic carboxylic acids is 1. The highest BCUT2D eigenvalue weighted by Crippen LogP contribution is 2.27. The summed E-state index contributed by atoms with van der Waals surface area (Å²) in [6, 6.07) is 4.91. The third-order valence-corrected chi connectivity index (χ3v) is 9.26. The van der Waals surface area contributed by atoms with Crippen molar-refractivity contribution in [3.8, 4) is 17.6 Å². The van der Waals surface area contributed by atoms with Gasteiger partial charge in [0.2, 0.25) is 5.91 Å². The Morgan fingerprint density at radius 3 is 2.17 bits per heavy atom. The normalized spacial score (nSPS) is 13.0. The van der Waals surface area contributed by atoms with Crippen LogP contribution in [0.15, 0.2) is 50.0 Å². The van der Waals surface area contributed by atoms with Gasteiger partial charge in [0.25, 0.3) is 0 Å². The molecule has 1 amide bonds. The summed E-state index contributed by atoms with van der Waals surface area (Å²) in [6.07, 6.45) is 10.8. The monoisotopic (exact) mass is 827 g/mol. The summed E-state index contributed by atoms with van der Waals surface area (Å²) < 4.78 is 29.7. The van der Waals surface area contributed by atoms with Gasteiger partial charge in [0, 0.05) is 19.3 Å². The van der Waals surface area contributed by atoms with E-state index in [2.05, 4.69) is 28.8 Å². The minimum Gasteiger partial charge on any atom is -0.481 e. The molecule has 1 aromatic carbocycles. The van der Waals surface area contributed by atoms with Gasteiger partial charge in [-0.25, -0.2) is 19.2 Å². The lowest BCUT2D eigenvalue weighted by atomic mass is 9.82. The highest BCUT2D eigenvalue weighted by atomic mass is 16.6. The van der Waals surface area contributed by atoms with Crippen LogP contribution in [0.4, 0.5) is 0 Å². The number of rotatable bonds is 29. The van der Waals surface area contributed by atoms with Gasteiger partial charge in [0.05, 0.1) is 19.4 Å². The van der Waals surface area contributed by atoms with E-state index in [-0.39, 0.29) is 30.3 Å². The van der Waals surface area contributed by atoms with Gasteiger partial charge in [0.15, 0.2) is 30.3 Å². The Kier molecular flexibility index (Phi) is 22.7. The van der Waals surface area contributed by atoms with Crippen LogP contribution < -0.4 is 15.9 Å². The Morgan fingerprint density at radius 2 is 1.58 bits per heavy atom. The van der Waals surface area contributed by atoms with E-state index in [4.69, 9.17) is 23.0 Å². The molecule has 16 heteroatoms. The van der Waals surface area contributed by atoms with Crippen molar-refractivity contribution in [1.82, 2.24) is 5.32 Å². The fourth-order valence-corrected chi connectivity index (χ4v) is 5.82. The van der Waals surface area contributed by atoms with Gasteiger partial charge < -0.3 is 43.3 Å². The number of nitrogens with one attached hydrogen (secondary N) is 1. The molecule has 16 nitrogen and oxygen atoms in total. The smallest absolute Gasteiger partial charge is 0.481 e. The van der Waals surface area contributed by atoms with E-state index < -0.39 is 72.8 Å². The van der Waals surface area contributed by atoms with Crippen LogP contribution in [-0.4, -0.2) is 77.7 Å². The van der Waals surface area contributed by atoms with Gasteiger partial charge in [-0.3, -0.25) is 14.4 Å². The summed E-state index contributed by atoms with van der Waals surface area (Å²) in [7, 11) is 1.09. The first-order chi connectivity index (χ1) is 28.2. The summed E-state index contributed by atoms with van der Waals surface area (Å²) in [5, 5.41) is 24.3. The molecule has 0 aliphatic carbocycles. The predicted octanol–water partition coefficient (Wildman–Crippen LogP) is 5.08. The number of benzene rings is 1. The Balaban J connectivity index is 2.28. The molecule has 0 bridgehead atoms. The highest BCUT2D eigenvalue weighted by Gasteiger charge is 2.49. The maximum Gasteiger partial charge on any atom is 0.519 e. The summed E-state index contributed by atoms with van der Waals surface area (Å²) in [5.74, 6) is -3.30. The van der Waals surface area contributed by atoms with Crippen molar-refractivity contribution in [2.45, 2.75) is 129 Å². The molecule has 0 saturated carbocycles. The topological polar surface area (TPSA) is 235 Å². The Labute approximate surface area is 344 Å². The predicted molar refractivity (Wildman–Crippen MR) is 212 cm³/mol. The Bertz CT molecular complexity index is 1810. The second kappa shape index (κ2) is 27.1. The molecule has 0 radical (unpaired) electrons. The molecule has 3 N–H and O–H groups in total. The zero-order valence-electron chi connectivity index (χ0n) is 34.3. The number of allylic oxidation sites excluding steroid dienone is 1. The molecule has 324 valence electrons. The molecular weight excluding hydrogens is 770 g/mol. The van der Waals surface area contributed by atoms with Gasteiger partial charge >= 0.3 is 29.7 Å². The second-order valence-corrected chi connectivity index (χ2v) is 13.9. The average Bonchev–Trinajstić information content (AvgIpc) is 3.54. The minimum atomic E-state index is -3.11. The fraction of sp³-hybridized carbons (Fsp3) is 0.558. The molecule has 0 saturated heterocycles. The summed E-state index contributed by atoms with van der Waals surface area (Å²) in [5.41, 5.74) is -2.61. The van der Waals surface area contributed by atoms with Crippen LogP contribution in [0.3, 0.4) is 0 Å². The summed E-state index contributed by atoms with van der Waals surface area (Å²) in [6.45, 7) is 3.90. The number of amides is 1. The number of unbranched alkanes of at least 4 members (excludes halogenated alkanes) is 8. The number of methoxy groups -OCH3 is 1. The number of esters is 3. The van der Waals surface area contributed by atoms with Crippen molar-refractivity contribution in [3.05, 3.63) is 64.1 Å². The number of hydrogen-bond acceptors (Lipinski definition) is 14. The Hall–Kier alpha value is -5.69. The molecule has 0 spiro atoms. The number of aliphatic hydroxyl groups is 1. The van der Waals surface area contributed by atoms with E-state index in [0.29, 0.717) is 37.0 Å². The van der Waals surface area contributed by atoms with Crippen molar-refractivity contribution >= 4 is 35.6 Å². The number of carbonyl (C=O) groups excluding carboxylic acids is 5. The first-order valence-electron chi connectivity index (χ1n) is 19.8. The van der Waals surface area contributed by atoms with E-state index in [1.165, 1.54) is 19.4 Å². The van der Waals surface area contributed by atoms with Crippen molar-refractivity contribution in [1.29, 1.82) is 0 Å². The first kappa shape index (κ1) is 49.5. The van der Waals surface area contributed by atoms with Crippen molar-refractivity contribution in [2.75, 3.05) is 20.3 Å². The average molecular weight is 828 g/mol. The lowest BCUT2D eigenvalue weighted by Gasteiger charge is -2.30. The number of carboxylic acid groups (broad SMARTS) is 1. The molecule has 59 heavy (non-hydrogen) atoms. The standard InChI is InChI=1S/C43H57NO15/c1-5-7-9-12-15-18-32(45)19-16-13-10-11-14-17-20-34(43(53,41(50)51)27-37(46)56-28-36-30(3)58-42(52)59-36)39(48)44-35(40(49)57-29-38(47)54-4)26-31-21-23-33(24-22-31)55-25-8-6-2/h17,20-24,34-35,53H,5,7,9-16,18-19,25-29H2,1-4H3,(H,44,48)(H,50,51)/b20-17+/t34?,35-,43-/m0/s1. The Morgan fingerprint density at radius 1 is 0.915 bits per heavy atom. The van der Waals surface area contributed by atoms with E-state index in [1.54, 1.807) is 31.2 Å². The van der Waals surface area contributed by atoms with E-state index >= 15 is 0 Å². The van der Waals surface area contributed by atoms with Gasteiger partial charge in [-0.05, 0) is 57.2 Å². The molecule has 1 unspecified atom stereocenters. The van der Waals surface area contributed by atoms with Crippen LogP contribution in [0.1, 0.15) is 114 Å². The van der Waals surface area contributed by atoms with Gasteiger partial charge in [-0.2, -0.15) is 0 Å². The number of hydrogen-bond donors (Lipinski definition) is 3. The maximum atomic E-state index is 14.0. The second-order valence-electron chi connectivity index (χ2n) is 13.9. The molecule has 1 aromatic heterocycles. The third-order valence-electron chi connectivity index (χ3n) is 9.26. The zero-order valence-corrected chi connectivity index (χ0v) is 34.3. The maximum absolute atomic E-state index is 14.0. The highest BCUT2D eigenvalue weighted by molar-refractivity contribution is 5.95. The van der Waals surface area contributed by atoms with E-state index in [1.807, 2.05) is 0 Å². The summed E-state index contributed by atoms with van der Waals surface area (Å²) in [4.78, 5) is 88.4. The SMILES string of the molecule is CC#CCOc1ccc(C[C@H](NC(=O)C(/C=C/CCCCCCC(=O)CCCCCCC)[C@@](O)(CC(=O)OCc2oc(=O)oc2C)C(=O)O)C(=O)OCC(=O)OC)cc1. The molecule has 0 fully saturated rings. The quantitative estimate of drug-likeness (QED) is 0.0319. The number of carboxylic acids is 1. The largest absolute Gasteiger partial charge is 0.519 e. The molecule has 0 aliphatic rings. The lowest BCUT2D eigenvalue weighted by Crippen LogP contribution is -2.55. The number of carbonyl (C=O) groups is 6. The van der Waals surface area contributed by atoms with Crippen LogP contribution in [-0.2, 0) is 56.0 Å². The van der Waals surface area contributed by atoms with Crippen LogP contribution in [0.2, 0.25) is 0 Å². The van der Waals surface area contributed by atoms with E-state index in [9.17, 15) is 43.8 Å². The van der Waals surface area contributed by atoms with Crippen molar-refractivity contribution < 1.29 is 66.8 Å². The van der Waals surface area contributed by atoms with Gasteiger partial charge in [-0.1, -0.05) is 75.7 Å². The summed E-state index contributed by atoms with van der Waals surface area (Å²) >= 11 is 0. The van der Waals surface area contributed by atoms with Crippen LogP contribution in [0, 0.1) is 24.7 Å². The number of aryl methyl sites for hydroxylation is 1. The number of ketones is 1.